The number of hydrogen-bond donors (Lipinski definition) is 2. The molecule has 0 saturated carbocycles. The molecule has 0 aliphatic rings. The van der Waals surface area contributed by atoms with Gasteiger partial charge in [-0.25, -0.2) is 0 Å². The fourth-order valence-corrected chi connectivity index (χ4v) is 2.71. The molecular formula is C14H23NO2S. The predicted octanol–water partition coefficient (Wildman–Crippen LogP) is 2.90. The van der Waals surface area contributed by atoms with Crippen molar-refractivity contribution >= 4 is 17.2 Å². The maximum Gasteiger partial charge on any atom is 0.220 e. The molecule has 0 aliphatic heterocycles. The number of hydrogen-bond acceptors (Lipinski definition) is 3. The molecule has 2 unspecified atom stereocenters. The van der Waals surface area contributed by atoms with Gasteiger partial charge < -0.3 is 10.4 Å². The maximum atomic E-state index is 11.7. The Balaban J connectivity index is 2.38. The number of carbonyl (C=O) groups is 1. The van der Waals surface area contributed by atoms with Gasteiger partial charge in [0.15, 0.2) is 0 Å². The van der Waals surface area contributed by atoms with Crippen molar-refractivity contribution in [2.75, 3.05) is 6.54 Å². The van der Waals surface area contributed by atoms with Crippen molar-refractivity contribution in [1.29, 1.82) is 0 Å². The number of amides is 1. The molecule has 3 nitrogen and oxygen atoms in total. The Morgan fingerprint density at radius 1 is 1.61 bits per heavy atom. The summed E-state index contributed by atoms with van der Waals surface area (Å²) >= 11 is 1.50. The van der Waals surface area contributed by atoms with Crippen molar-refractivity contribution in [3.8, 4) is 0 Å². The molecule has 1 rings (SSSR count). The lowest BCUT2D eigenvalue weighted by Crippen LogP contribution is -2.38. The fraction of sp³-hybridized carbons (Fsp3) is 0.643. The van der Waals surface area contributed by atoms with Crippen molar-refractivity contribution in [2.45, 2.75) is 45.6 Å². The van der Waals surface area contributed by atoms with Gasteiger partial charge >= 0.3 is 0 Å². The first-order chi connectivity index (χ1) is 8.45. The van der Waals surface area contributed by atoms with E-state index in [0.29, 0.717) is 12.3 Å². The highest BCUT2D eigenvalue weighted by molar-refractivity contribution is 7.10. The average molecular weight is 269 g/mol. The van der Waals surface area contributed by atoms with Gasteiger partial charge in [0.05, 0.1) is 6.54 Å². The highest BCUT2D eigenvalue weighted by Crippen LogP contribution is 2.24. The van der Waals surface area contributed by atoms with E-state index in [1.807, 2.05) is 17.5 Å². The average Bonchev–Trinajstić information content (AvgIpc) is 2.81. The summed E-state index contributed by atoms with van der Waals surface area (Å²) < 4.78 is 0. The molecule has 1 aromatic heterocycles. The van der Waals surface area contributed by atoms with E-state index < -0.39 is 5.60 Å². The normalized spacial score (nSPS) is 16.0. The van der Waals surface area contributed by atoms with E-state index in [0.717, 1.165) is 17.7 Å². The molecule has 102 valence electrons. The lowest BCUT2D eigenvalue weighted by molar-refractivity contribution is -0.123. The molecule has 4 heteroatoms. The Morgan fingerprint density at radius 3 is 2.89 bits per heavy atom. The van der Waals surface area contributed by atoms with Crippen LogP contribution in [0.5, 0.6) is 0 Å². The lowest BCUT2D eigenvalue weighted by Gasteiger charge is -2.22. The van der Waals surface area contributed by atoms with E-state index in [1.54, 1.807) is 6.92 Å². The molecule has 0 bridgehead atoms. The third-order valence-electron chi connectivity index (χ3n) is 3.00. The van der Waals surface area contributed by atoms with Crippen molar-refractivity contribution in [2.24, 2.45) is 5.92 Å². The fourth-order valence-electron chi connectivity index (χ4n) is 1.93. The van der Waals surface area contributed by atoms with Gasteiger partial charge in [-0.1, -0.05) is 32.8 Å². The Labute approximate surface area is 113 Å². The molecule has 1 aromatic rings. The van der Waals surface area contributed by atoms with Crippen LogP contribution in [0.2, 0.25) is 0 Å². The van der Waals surface area contributed by atoms with Gasteiger partial charge in [0.1, 0.15) is 5.60 Å². The number of rotatable bonds is 7. The minimum atomic E-state index is -0.974. The molecular weight excluding hydrogens is 246 g/mol. The SMILES string of the molecule is CCCC(C)CC(=O)NCC(C)(O)c1cccs1. The summed E-state index contributed by atoms with van der Waals surface area (Å²) in [5.41, 5.74) is -0.974. The second-order valence-electron chi connectivity index (χ2n) is 5.13. The van der Waals surface area contributed by atoms with Crippen molar-refractivity contribution in [1.82, 2.24) is 5.32 Å². The zero-order valence-corrected chi connectivity index (χ0v) is 12.2. The van der Waals surface area contributed by atoms with E-state index in [9.17, 15) is 9.90 Å². The maximum absolute atomic E-state index is 11.7. The van der Waals surface area contributed by atoms with Crippen LogP contribution in [0.15, 0.2) is 17.5 Å². The zero-order chi connectivity index (χ0) is 13.6. The van der Waals surface area contributed by atoms with Gasteiger partial charge in [-0.15, -0.1) is 11.3 Å². The molecule has 0 aliphatic carbocycles. The Kier molecular flexibility index (Phi) is 5.82. The predicted molar refractivity (Wildman–Crippen MR) is 75.6 cm³/mol. The van der Waals surface area contributed by atoms with Crippen LogP contribution < -0.4 is 5.32 Å². The summed E-state index contributed by atoms with van der Waals surface area (Å²) in [5, 5.41) is 15.0. The summed E-state index contributed by atoms with van der Waals surface area (Å²) in [4.78, 5) is 12.6. The lowest BCUT2D eigenvalue weighted by atomic mass is 10.0. The number of thiophene rings is 1. The quantitative estimate of drug-likeness (QED) is 0.799. The van der Waals surface area contributed by atoms with Crippen molar-refractivity contribution < 1.29 is 9.90 Å². The highest BCUT2D eigenvalue weighted by atomic mass is 32.1. The first-order valence-electron chi connectivity index (χ1n) is 6.48. The first-order valence-corrected chi connectivity index (χ1v) is 7.36. The molecule has 2 N–H and O–H groups in total. The Hall–Kier alpha value is -0.870. The molecule has 0 spiro atoms. The van der Waals surface area contributed by atoms with Gasteiger partial charge in [0.25, 0.3) is 0 Å². The molecule has 0 radical (unpaired) electrons. The summed E-state index contributed by atoms with van der Waals surface area (Å²) in [7, 11) is 0. The molecule has 0 saturated heterocycles. The van der Waals surface area contributed by atoms with Crippen LogP contribution in [0.1, 0.15) is 44.9 Å². The molecule has 1 heterocycles. The van der Waals surface area contributed by atoms with E-state index in [4.69, 9.17) is 0 Å². The second kappa shape index (κ2) is 6.90. The standard InChI is InChI=1S/C14H23NO2S/c1-4-6-11(2)9-13(16)15-10-14(3,17)12-7-5-8-18-12/h5,7-8,11,17H,4,6,9-10H2,1-3H3,(H,15,16). The summed E-state index contributed by atoms with van der Waals surface area (Å²) in [5.74, 6) is 0.425. The summed E-state index contributed by atoms with van der Waals surface area (Å²) in [6.45, 7) is 6.20. The highest BCUT2D eigenvalue weighted by Gasteiger charge is 2.24. The van der Waals surface area contributed by atoms with Gasteiger partial charge in [-0.3, -0.25) is 4.79 Å². The van der Waals surface area contributed by atoms with Crippen molar-refractivity contribution in [3.05, 3.63) is 22.4 Å². The smallest absolute Gasteiger partial charge is 0.220 e. The minimum absolute atomic E-state index is 0.0211. The van der Waals surface area contributed by atoms with Crippen LogP contribution in [0.25, 0.3) is 0 Å². The second-order valence-corrected chi connectivity index (χ2v) is 6.07. The van der Waals surface area contributed by atoms with Crippen LogP contribution in [0, 0.1) is 5.92 Å². The van der Waals surface area contributed by atoms with E-state index in [-0.39, 0.29) is 12.5 Å². The van der Waals surface area contributed by atoms with Crippen LogP contribution in [0.3, 0.4) is 0 Å². The largest absolute Gasteiger partial charge is 0.383 e. The Morgan fingerprint density at radius 2 is 2.33 bits per heavy atom. The number of aliphatic hydroxyl groups is 1. The molecule has 2 atom stereocenters. The van der Waals surface area contributed by atoms with E-state index in [2.05, 4.69) is 19.2 Å². The van der Waals surface area contributed by atoms with Crippen molar-refractivity contribution in [3.63, 3.8) is 0 Å². The summed E-state index contributed by atoms with van der Waals surface area (Å²) in [6.07, 6.45) is 2.70. The zero-order valence-electron chi connectivity index (χ0n) is 11.4. The van der Waals surface area contributed by atoms with E-state index >= 15 is 0 Å². The molecule has 0 aromatic carbocycles. The van der Waals surface area contributed by atoms with Crippen LogP contribution in [0.4, 0.5) is 0 Å². The number of carbonyl (C=O) groups excluding carboxylic acids is 1. The number of nitrogens with one attached hydrogen (secondary N) is 1. The van der Waals surface area contributed by atoms with Gasteiger partial charge in [0, 0.05) is 11.3 Å². The molecule has 0 fully saturated rings. The van der Waals surface area contributed by atoms with Crippen LogP contribution >= 0.6 is 11.3 Å². The van der Waals surface area contributed by atoms with Crippen LogP contribution in [-0.4, -0.2) is 17.6 Å². The minimum Gasteiger partial charge on any atom is -0.383 e. The third-order valence-corrected chi connectivity index (χ3v) is 4.12. The first kappa shape index (κ1) is 15.2. The monoisotopic (exact) mass is 269 g/mol. The van der Waals surface area contributed by atoms with Gasteiger partial charge in [0.2, 0.25) is 5.91 Å². The van der Waals surface area contributed by atoms with Gasteiger partial charge in [-0.2, -0.15) is 0 Å². The topological polar surface area (TPSA) is 49.3 Å². The van der Waals surface area contributed by atoms with E-state index in [1.165, 1.54) is 11.3 Å². The molecule has 18 heavy (non-hydrogen) atoms. The Bertz CT molecular complexity index is 360. The van der Waals surface area contributed by atoms with Gasteiger partial charge in [-0.05, 0) is 24.3 Å². The third kappa shape index (κ3) is 4.78. The summed E-state index contributed by atoms with van der Waals surface area (Å²) in [6, 6.07) is 3.79. The molecule has 1 amide bonds. The van der Waals surface area contributed by atoms with Crippen LogP contribution in [-0.2, 0) is 10.4 Å².